The van der Waals surface area contributed by atoms with Gasteiger partial charge in [-0.1, -0.05) is 48.5 Å². The van der Waals surface area contributed by atoms with Crippen molar-refractivity contribution in [3.63, 3.8) is 0 Å². The number of carbonyl (C=O) groups is 3. The number of alkyl carbamates (subject to hydrolysis) is 1. The lowest BCUT2D eigenvalue weighted by Gasteiger charge is -2.32. The molecule has 2 N–H and O–H groups in total. The zero-order valence-corrected chi connectivity index (χ0v) is 19.1. The van der Waals surface area contributed by atoms with E-state index in [-0.39, 0.29) is 43.4 Å². The molecule has 2 aliphatic carbocycles. The van der Waals surface area contributed by atoms with Gasteiger partial charge in [0.2, 0.25) is 5.91 Å². The molecule has 7 heteroatoms. The summed E-state index contributed by atoms with van der Waals surface area (Å²) in [6.45, 7) is 1.05. The van der Waals surface area contributed by atoms with E-state index in [1.54, 1.807) is 4.90 Å². The molecule has 2 aromatic rings. The summed E-state index contributed by atoms with van der Waals surface area (Å²) in [6.07, 6.45) is 2.91. The number of carbonyl (C=O) groups excluding carboxylic acids is 2. The summed E-state index contributed by atoms with van der Waals surface area (Å²) < 4.78 is 5.67. The van der Waals surface area contributed by atoms with Crippen LogP contribution in [0.3, 0.4) is 0 Å². The minimum Gasteiger partial charge on any atom is -0.481 e. The highest BCUT2D eigenvalue weighted by Gasteiger charge is 2.37. The molecule has 1 aliphatic heterocycles. The lowest BCUT2D eigenvalue weighted by Crippen LogP contribution is -2.46. The predicted molar refractivity (Wildman–Crippen MR) is 126 cm³/mol. The normalized spacial score (nSPS) is 20.2. The van der Waals surface area contributed by atoms with Gasteiger partial charge in [-0.15, -0.1) is 0 Å². The van der Waals surface area contributed by atoms with Gasteiger partial charge in [-0.25, -0.2) is 4.79 Å². The average Bonchev–Trinajstić information content (AvgIpc) is 3.65. The van der Waals surface area contributed by atoms with E-state index in [1.807, 2.05) is 24.3 Å². The molecular weight excluding hydrogens is 432 g/mol. The van der Waals surface area contributed by atoms with E-state index in [0.29, 0.717) is 19.4 Å². The molecule has 34 heavy (non-hydrogen) atoms. The number of carboxylic acid groups (broad SMARTS) is 1. The molecule has 0 aromatic heterocycles. The minimum absolute atomic E-state index is 0.0135. The number of rotatable bonds is 7. The number of amides is 2. The van der Waals surface area contributed by atoms with Gasteiger partial charge in [-0.05, 0) is 53.9 Å². The van der Waals surface area contributed by atoms with Gasteiger partial charge in [0.15, 0.2) is 0 Å². The molecule has 3 aliphatic rings. The molecule has 178 valence electrons. The second kappa shape index (κ2) is 9.49. The standard InChI is InChI=1S/C27H30N2O5/c30-25(29-13-5-6-18(15-29)26(31)32)14-24(17-11-12-17)28-27(33)34-16-23-21-9-3-1-7-19(21)20-8-2-4-10-22(20)23/h1-4,7-10,17-18,23-24H,5-6,11-16H2,(H,28,33)(H,31,32)/t18-,24?/m0/s1. The summed E-state index contributed by atoms with van der Waals surface area (Å²) in [5.74, 6) is -1.20. The van der Waals surface area contributed by atoms with Crippen LogP contribution in [0.4, 0.5) is 4.79 Å². The van der Waals surface area contributed by atoms with Gasteiger partial charge in [0.05, 0.1) is 5.92 Å². The summed E-state index contributed by atoms with van der Waals surface area (Å²) in [6, 6.07) is 16.1. The summed E-state index contributed by atoms with van der Waals surface area (Å²) >= 11 is 0. The van der Waals surface area contributed by atoms with Gasteiger partial charge in [0.25, 0.3) is 0 Å². The average molecular weight is 463 g/mol. The predicted octanol–water partition coefficient (Wildman–Crippen LogP) is 4.02. The van der Waals surface area contributed by atoms with Crippen molar-refractivity contribution in [3.05, 3.63) is 59.7 Å². The van der Waals surface area contributed by atoms with Crippen molar-refractivity contribution >= 4 is 18.0 Å². The van der Waals surface area contributed by atoms with Gasteiger partial charge in [0, 0.05) is 31.5 Å². The van der Waals surface area contributed by atoms with Gasteiger partial charge >= 0.3 is 12.1 Å². The third-order valence-corrected chi connectivity index (χ3v) is 7.36. The van der Waals surface area contributed by atoms with Crippen LogP contribution in [0.1, 0.15) is 49.1 Å². The first-order valence-electron chi connectivity index (χ1n) is 12.1. The van der Waals surface area contributed by atoms with Crippen LogP contribution >= 0.6 is 0 Å². The van der Waals surface area contributed by atoms with Crippen LogP contribution in [0.15, 0.2) is 48.5 Å². The van der Waals surface area contributed by atoms with Crippen molar-refractivity contribution in [3.8, 4) is 11.1 Å². The summed E-state index contributed by atoms with van der Waals surface area (Å²) in [5.41, 5.74) is 4.66. The Morgan fingerprint density at radius 3 is 2.26 bits per heavy atom. The van der Waals surface area contributed by atoms with Crippen LogP contribution in [0.5, 0.6) is 0 Å². The van der Waals surface area contributed by atoms with Gasteiger partial charge < -0.3 is 20.1 Å². The van der Waals surface area contributed by atoms with E-state index in [9.17, 15) is 19.5 Å². The fourth-order valence-electron chi connectivity index (χ4n) is 5.35. The number of benzene rings is 2. The third-order valence-electron chi connectivity index (χ3n) is 7.36. The van der Waals surface area contributed by atoms with Crippen molar-refractivity contribution in [1.29, 1.82) is 0 Å². The molecule has 0 radical (unpaired) electrons. The first kappa shape index (κ1) is 22.4. The molecule has 1 saturated carbocycles. The highest BCUT2D eigenvalue weighted by molar-refractivity contribution is 5.80. The third kappa shape index (κ3) is 4.65. The molecule has 7 nitrogen and oxygen atoms in total. The van der Waals surface area contributed by atoms with E-state index in [4.69, 9.17) is 4.74 Å². The lowest BCUT2D eigenvalue weighted by molar-refractivity contribution is -0.145. The number of fused-ring (bicyclic) bond motifs is 3. The van der Waals surface area contributed by atoms with Crippen molar-refractivity contribution in [2.75, 3.05) is 19.7 Å². The molecule has 2 fully saturated rings. The molecule has 2 amide bonds. The first-order valence-corrected chi connectivity index (χ1v) is 12.1. The van der Waals surface area contributed by atoms with Crippen molar-refractivity contribution < 1.29 is 24.2 Å². The molecule has 2 atom stereocenters. The molecular formula is C27H30N2O5. The van der Waals surface area contributed by atoms with Crippen LogP contribution < -0.4 is 5.32 Å². The maximum absolute atomic E-state index is 12.9. The van der Waals surface area contributed by atoms with Crippen LogP contribution in [-0.2, 0) is 14.3 Å². The van der Waals surface area contributed by atoms with Crippen LogP contribution in [0, 0.1) is 11.8 Å². The Balaban J connectivity index is 1.19. The van der Waals surface area contributed by atoms with Crippen LogP contribution in [0.25, 0.3) is 11.1 Å². The Bertz CT molecular complexity index is 1050. The number of piperidine rings is 1. The number of carboxylic acids is 1. The highest BCUT2D eigenvalue weighted by Crippen LogP contribution is 2.44. The summed E-state index contributed by atoms with van der Waals surface area (Å²) in [4.78, 5) is 38.6. The Morgan fingerprint density at radius 2 is 1.65 bits per heavy atom. The summed E-state index contributed by atoms with van der Waals surface area (Å²) in [7, 11) is 0. The fourth-order valence-corrected chi connectivity index (χ4v) is 5.35. The quantitative estimate of drug-likeness (QED) is 0.648. The molecule has 1 heterocycles. The van der Waals surface area contributed by atoms with Crippen LogP contribution in [0.2, 0.25) is 0 Å². The molecule has 1 saturated heterocycles. The largest absolute Gasteiger partial charge is 0.481 e. The number of ether oxygens (including phenoxy) is 1. The van der Waals surface area contributed by atoms with E-state index < -0.39 is 18.0 Å². The number of nitrogens with zero attached hydrogens (tertiary/aromatic N) is 1. The molecule has 5 rings (SSSR count). The molecule has 0 bridgehead atoms. The number of nitrogens with one attached hydrogen (secondary N) is 1. The Labute approximate surface area is 199 Å². The number of hydrogen-bond donors (Lipinski definition) is 2. The second-order valence-corrected chi connectivity index (χ2v) is 9.64. The van der Waals surface area contributed by atoms with Crippen LogP contribution in [-0.4, -0.2) is 53.7 Å². The maximum atomic E-state index is 12.9. The number of hydrogen-bond acceptors (Lipinski definition) is 4. The first-order chi connectivity index (χ1) is 16.5. The Hall–Kier alpha value is -3.35. The minimum atomic E-state index is -0.854. The lowest BCUT2D eigenvalue weighted by atomic mass is 9.97. The SMILES string of the molecule is O=C(NC(CC(=O)N1CCC[C@H](C(=O)O)C1)C1CC1)OCC1c2ccccc2-c2ccccc21. The van der Waals surface area contributed by atoms with Gasteiger partial charge in [0.1, 0.15) is 6.61 Å². The summed E-state index contributed by atoms with van der Waals surface area (Å²) in [5, 5.41) is 12.2. The molecule has 1 unspecified atom stereocenters. The molecule has 2 aromatic carbocycles. The van der Waals surface area contributed by atoms with Crippen molar-refractivity contribution in [2.45, 2.75) is 44.1 Å². The van der Waals surface area contributed by atoms with Gasteiger partial charge in [-0.3, -0.25) is 9.59 Å². The molecule has 0 spiro atoms. The zero-order chi connectivity index (χ0) is 23.7. The van der Waals surface area contributed by atoms with E-state index in [2.05, 4.69) is 29.6 Å². The topological polar surface area (TPSA) is 95.9 Å². The van der Waals surface area contributed by atoms with Crippen molar-refractivity contribution in [2.24, 2.45) is 11.8 Å². The fraction of sp³-hybridized carbons (Fsp3) is 0.444. The van der Waals surface area contributed by atoms with E-state index >= 15 is 0 Å². The van der Waals surface area contributed by atoms with E-state index in [0.717, 1.165) is 24.0 Å². The second-order valence-electron chi connectivity index (χ2n) is 9.64. The number of likely N-dealkylation sites (tertiary alicyclic amines) is 1. The van der Waals surface area contributed by atoms with E-state index in [1.165, 1.54) is 11.1 Å². The highest BCUT2D eigenvalue weighted by atomic mass is 16.5. The van der Waals surface area contributed by atoms with Crippen molar-refractivity contribution in [1.82, 2.24) is 10.2 Å². The Kier molecular flexibility index (Phi) is 6.26. The maximum Gasteiger partial charge on any atom is 0.407 e. The van der Waals surface area contributed by atoms with Gasteiger partial charge in [-0.2, -0.15) is 0 Å². The number of aliphatic carboxylic acids is 1. The smallest absolute Gasteiger partial charge is 0.407 e. The Morgan fingerprint density at radius 1 is 1.00 bits per heavy atom. The monoisotopic (exact) mass is 462 g/mol. The zero-order valence-electron chi connectivity index (χ0n) is 19.1.